The van der Waals surface area contributed by atoms with E-state index < -0.39 is 0 Å². The highest BCUT2D eigenvalue weighted by molar-refractivity contribution is 7.11. The van der Waals surface area contributed by atoms with Crippen molar-refractivity contribution < 1.29 is 5.11 Å². The first-order chi connectivity index (χ1) is 13.2. The number of aryl methyl sites for hydroxylation is 1. The molecule has 146 valence electrons. The first-order valence-electron chi connectivity index (χ1n) is 10.0. The van der Waals surface area contributed by atoms with Gasteiger partial charge in [-0.3, -0.25) is 5.41 Å². The van der Waals surface area contributed by atoms with Crippen molar-refractivity contribution in [3.63, 3.8) is 0 Å². The van der Waals surface area contributed by atoms with Crippen LogP contribution in [0.5, 0.6) is 5.88 Å². The third-order valence-corrected chi connectivity index (χ3v) is 6.00. The molecule has 4 N–H and O–H groups in total. The number of hydrogen-bond acceptors (Lipinski definition) is 5. The summed E-state index contributed by atoms with van der Waals surface area (Å²) >= 11 is 1.19. The molecule has 1 fully saturated rings. The second-order valence-electron chi connectivity index (χ2n) is 7.40. The van der Waals surface area contributed by atoms with Gasteiger partial charge in [-0.05, 0) is 60.8 Å². The van der Waals surface area contributed by atoms with Crippen LogP contribution in [0, 0.1) is 11.3 Å². The zero-order valence-corrected chi connectivity index (χ0v) is 16.9. The van der Waals surface area contributed by atoms with Crippen molar-refractivity contribution in [2.75, 3.05) is 11.9 Å². The first-order valence-corrected chi connectivity index (χ1v) is 10.8. The molecule has 1 aromatic carbocycles. The normalized spacial score (nSPS) is 14.9. The number of nitrogens with one attached hydrogen (secondary N) is 3. The molecule has 0 bridgehead atoms. The number of hydrogen-bond donors (Lipinski definition) is 4. The molecule has 3 rings (SSSR count). The molecule has 0 amide bonds. The van der Waals surface area contributed by atoms with Crippen LogP contribution in [0.15, 0.2) is 24.3 Å². The van der Waals surface area contributed by atoms with Crippen LogP contribution >= 0.6 is 11.5 Å². The van der Waals surface area contributed by atoms with Crippen LogP contribution in [0.25, 0.3) is 0 Å². The summed E-state index contributed by atoms with van der Waals surface area (Å²) in [4.78, 5) is 0. The van der Waals surface area contributed by atoms with Gasteiger partial charge in [0.25, 0.3) is 0 Å². The predicted molar refractivity (Wildman–Crippen MR) is 114 cm³/mol. The highest BCUT2D eigenvalue weighted by Crippen LogP contribution is 2.32. The third kappa shape index (κ3) is 5.45. The fraction of sp³-hybridized carbons (Fsp3) is 0.524. The van der Waals surface area contributed by atoms with Crippen LogP contribution in [0.1, 0.15) is 63.0 Å². The Bertz CT molecular complexity index is 735. The lowest BCUT2D eigenvalue weighted by Crippen LogP contribution is -2.30. The Morgan fingerprint density at radius 3 is 2.67 bits per heavy atom. The van der Waals surface area contributed by atoms with Crippen molar-refractivity contribution in [2.24, 2.45) is 5.92 Å². The zero-order chi connectivity index (χ0) is 19.1. The van der Waals surface area contributed by atoms with Gasteiger partial charge in [0.05, 0.1) is 0 Å². The lowest BCUT2D eigenvalue weighted by molar-refractivity contribution is 0.356. The van der Waals surface area contributed by atoms with E-state index in [2.05, 4.69) is 34.1 Å². The van der Waals surface area contributed by atoms with E-state index in [4.69, 9.17) is 5.41 Å². The summed E-state index contributed by atoms with van der Waals surface area (Å²) in [6.45, 7) is 2.99. The van der Waals surface area contributed by atoms with Gasteiger partial charge in [0.15, 0.2) is 0 Å². The lowest BCUT2D eigenvalue weighted by Gasteiger charge is -2.22. The van der Waals surface area contributed by atoms with E-state index in [0.717, 1.165) is 18.7 Å². The molecule has 0 saturated heterocycles. The monoisotopic (exact) mass is 386 g/mol. The maximum Gasteiger partial charge on any atom is 0.236 e. The maximum atomic E-state index is 10.1. The molecule has 0 unspecified atom stereocenters. The van der Waals surface area contributed by atoms with Crippen molar-refractivity contribution in [3.05, 3.63) is 35.4 Å². The molecule has 1 aliphatic rings. The Kier molecular flexibility index (Phi) is 7.10. The first kappa shape index (κ1) is 19.7. The second-order valence-corrected chi connectivity index (χ2v) is 8.17. The van der Waals surface area contributed by atoms with Crippen molar-refractivity contribution in [3.8, 4) is 5.88 Å². The fourth-order valence-electron chi connectivity index (χ4n) is 3.59. The molecule has 0 radical (unpaired) electrons. The molecular formula is C21H30N4OS. The number of unbranched alkanes of at least 4 members (excludes halogenated alkanes) is 1. The summed E-state index contributed by atoms with van der Waals surface area (Å²) < 4.78 is 4.04. The van der Waals surface area contributed by atoms with Crippen LogP contribution in [0.4, 0.5) is 10.7 Å². The van der Waals surface area contributed by atoms with Gasteiger partial charge in [0.1, 0.15) is 16.4 Å². The highest BCUT2D eigenvalue weighted by Gasteiger charge is 2.20. The van der Waals surface area contributed by atoms with Gasteiger partial charge >= 0.3 is 0 Å². The zero-order valence-electron chi connectivity index (χ0n) is 16.1. The van der Waals surface area contributed by atoms with Gasteiger partial charge < -0.3 is 15.7 Å². The average molecular weight is 387 g/mol. The van der Waals surface area contributed by atoms with Gasteiger partial charge in [-0.15, -0.1) is 0 Å². The smallest absolute Gasteiger partial charge is 0.236 e. The lowest BCUT2D eigenvalue weighted by atomic mass is 9.89. The van der Waals surface area contributed by atoms with Crippen molar-refractivity contribution in [1.82, 2.24) is 9.69 Å². The number of anilines is 2. The summed E-state index contributed by atoms with van der Waals surface area (Å²) in [6, 6.07) is 8.35. The second kappa shape index (κ2) is 9.74. The Labute approximate surface area is 165 Å². The molecular weight excluding hydrogens is 356 g/mol. The van der Waals surface area contributed by atoms with Gasteiger partial charge in [-0.2, -0.15) is 4.37 Å². The number of benzene rings is 1. The minimum absolute atomic E-state index is 0.0804. The largest absolute Gasteiger partial charge is 0.492 e. The summed E-state index contributed by atoms with van der Waals surface area (Å²) in [7, 11) is 0. The van der Waals surface area contributed by atoms with Crippen LogP contribution in [0.2, 0.25) is 0 Å². The van der Waals surface area contributed by atoms with E-state index in [0.29, 0.717) is 16.5 Å². The van der Waals surface area contributed by atoms with E-state index in [1.165, 1.54) is 62.0 Å². The minimum atomic E-state index is -0.0804. The fourth-order valence-corrected chi connectivity index (χ4v) is 4.30. The molecule has 1 saturated carbocycles. The predicted octanol–water partition coefficient (Wildman–Crippen LogP) is 5.43. The Morgan fingerprint density at radius 1 is 1.22 bits per heavy atom. The summed E-state index contributed by atoms with van der Waals surface area (Å²) in [6.07, 6.45) is 9.84. The Balaban J connectivity index is 1.62. The number of aromatic nitrogens is 1. The maximum absolute atomic E-state index is 10.1. The van der Waals surface area contributed by atoms with E-state index in [9.17, 15) is 5.11 Å². The minimum Gasteiger partial charge on any atom is -0.492 e. The number of aromatic hydroxyl groups is 1. The molecule has 6 heteroatoms. The molecule has 0 spiro atoms. The molecule has 5 nitrogen and oxygen atoms in total. The molecule has 1 aromatic heterocycles. The van der Waals surface area contributed by atoms with Gasteiger partial charge in [-0.25, -0.2) is 0 Å². The SMILES string of the molecule is CCCCc1ccc(Nc2snc(O)c2C(=N)NCC2CCCCC2)cc1. The number of nitrogens with zero attached hydrogens (tertiary/aromatic N) is 1. The van der Waals surface area contributed by atoms with Crippen molar-refractivity contribution in [1.29, 1.82) is 5.41 Å². The molecule has 1 aliphatic carbocycles. The molecule has 2 aromatic rings. The van der Waals surface area contributed by atoms with Crippen LogP contribution in [0.3, 0.4) is 0 Å². The van der Waals surface area contributed by atoms with E-state index in [-0.39, 0.29) is 11.7 Å². The molecule has 0 aliphatic heterocycles. The average Bonchev–Trinajstić information content (AvgIpc) is 3.06. The van der Waals surface area contributed by atoms with Gasteiger partial charge in [0, 0.05) is 12.2 Å². The van der Waals surface area contributed by atoms with Crippen LogP contribution < -0.4 is 10.6 Å². The standard InChI is InChI=1S/C21H30N4OS/c1-2-3-7-15-10-12-17(13-11-15)24-21-18(20(26)25-27-21)19(22)23-14-16-8-5-4-6-9-16/h10-13,16,24H,2-9,14H2,1H3,(H2,22,23)(H,25,26). The molecule has 0 atom stereocenters. The molecule has 27 heavy (non-hydrogen) atoms. The van der Waals surface area contributed by atoms with Crippen LogP contribution in [-0.2, 0) is 6.42 Å². The number of rotatable bonds is 8. The molecule has 1 heterocycles. The third-order valence-electron chi connectivity index (χ3n) is 5.25. The topological polar surface area (TPSA) is 81.0 Å². The van der Waals surface area contributed by atoms with Gasteiger partial charge in [-0.1, -0.05) is 44.7 Å². The van der Waals surface area contributed by atoms with Crippen molar-refractivity contribution >= 4 is 28.1 Å². The summed E-state index contributed by atoms with van der Waals surface area (Å²) in [5.74, 6) is 0.789. The van der Waals surface area contributed by atoms with Gasteiger partial charge in [0.2, 0.25) is 5.88 Å². The van der Waals surface area contributed by atoms with E-state index in [1.54, 1.807) is 0 Å². The summed E-state index contributed by atoms with van der Waals surface area (Å²) in [5, 5.41) is 25.7. The Hall–Kier alpha value is -2.08. The highest BCUT2D eigenvalue weighted by atomic mass is 32.1. The van der Waals surface area contributed by atoms with E-state index in [1.807, 2.05) is 12.1 Å². The Morgan fingerprint density at radius 2 is 1.96 bits per heavy atom. The van der Waals surface area contributed by atoms with E-state index >= 15 is 0 Å². The van der Waals surface area contributed by atoms with Crippen molar-refractivity contribution in [2.45, 2.75) is 58.3 Å². The van der Waals surface area contributed by atoms with Crippen LogP contribution in [-0.4, -0.2) is 21.9 Å². The summed E-state index contributed by atoms with van der Waals surface area (Å²) in [5.41, 5.74) is 2.74. The number of amidine groups is 1. The quantitative estimate of drug-likeness (QED) is 0.360.